The zero-order valence-electron chi connectivity index (χ0n) is 5.77. The van der Waals surface area contributed by atoms with Crippen LogP contribution >= 0.6 is 12.6 Å². The van der Waals surface area contributed by atoms with Crippen LogP contribution in [0.5, 0.6) is 0 Å². The zero-order valence-corrected chi connectivity index (χ0v) is 6.66. The second kappa shape index (κ2) is 3.55. The predicted molar refractivity (Wildman–Crippen MR) is 45.4 cm³/mol. The van der Waals surface area contributed by atoms with Gasteiger partial charge in [0, 0.05) is 0 Å². The lowest BCUT2D eigenvalue weighted by molar-refractivity contribution is -0.118. The fourth-order valence-corrected chi connectivity index (χ4v) is 0.927. The highest BCUT2D eigenvalue weighted by molar-refractivity contribution is 7.96. The van der Waals surface area contributed by atoms with Gasteiger partial charge in [0.15, 0.2) is 0 Å². The number of hydrogen-bond donors (Lipinski definition) is 2. The lowest BCUT2D eigenvalue weighted by atomic mass is 10.1. The normalized spacial score (nSPS) is 12.5. The first-order valence-corrected chi connectivity index (χ1v) is 3.62. The van der Waals surface area contributed by atoms with Gasteiger partial charge < -0.3 is 5.11 Å². The van der Waals surface area contributed by atoms with Crippen molar-refractivity contribution in [3.8, 4) is 0 Å². The topological polar surface area (TPSA) is 37.3 Å². The molecule has 0 aliphatic carbocycles. The van der Waals surface area contributed by atoms with E-state index in [4.69, 9.17) is 0 Å². The Hall–Kier alpha value is -0.800. The Morgan fingerprint density at radius 2 is 1.91 bits per heavy atom. The molecule has 0 fully saturated rings. The van der Waals surface area contributed by atoms with Crippen molar-refractivity contribution in [2.24, 2.45) is 0 Å². The summed E-state index contributed by atoms with van der Waals surface area (Å²) in [6, 6.07) is 8.70. The monoisotopic (exact) mass is 168 g/mol. The number of carbonyl (C=O) groups excluding carboxylic acids is 1. The molecule has 0 radical (unpaired) electrons. The molecule has 3 heteroatoms. The highest BCUT2D eigenvalue weighted by atomic mass is 32.1. The summed E-state index contributed by atoms with van der Waals surface area (Å²) in [6.45, 7) is 0. The Labute approximate surface area is 70.3 Å². The molecule has 1 atom stereocenters. The van der Waals surface area contributed by atoms with E-state index in [2.05, 4.69) is 12.6 Å². The summed E-state index contributed by atoms with van der Waals surface area (Å²) < 4.78 is 0. The SMILES string of the molecule is O=C(S)[C@@H](O)c1ccccc1. The minimum Gasteiger partial charge on any atom is -0.380 e. The van der Waals surface area contributed by atoms with Crippen molar-refractivity contribution in [2.45, 2.75) is 6.10 Å². The van der Waals surface area contributed by atoms with E-state index in [1.54, 1.807) is 24.3 Å². The molecule has 0 unspecified atom stereocenters. The van der Waals surface area contributed by atoms with Crippen molar-refractivity contribution < 1.29 is 9.90 Å². The highest BCUT2D eigenvalue weighted by Crippen LogP contribution is 2.13. The second-order valence-electron chi connectivity index (χ2n) is 2.15. The molecule has 1 rings (SSSR count). The predicted octanol–water partition coefficient (Wildman–Crippen LogP) is 1.18. The molecule has 1 aromatic carbocycles. The summed E-state index contributed by atoms with van der Waals surface area (Å²) >= 11 is 3.52. The van der Waals surface area contributed by atoms with Crippen LogP contribution in [0.4, 0.5) is 0 Å². The van der Waals surface area contributed by atoms with Gasteiger partial charge in [-0.05, 0) is 5.56 Å². The molecule has 0 aliphatic rings. The summed E-state index contributed by atoms with van der Waals surface area (Å²) in [5.74, 6) is 0. The fourth-order valence-electron chi connectivity index (χ4n) is 0.778. The van der Waals surface area contributed by atoms with E-state index in [-0.39, 0.29) is 0 Å². The number of hydrogen-bond acceptors (Lipinski definition) is 2. The molecule has 1 aromatic rings. The van der Waals surface area contributed by atoms with Crippen LogP contribution in [0.25, 0.3) is 0 Å². The molecule has 58 valence electrons. The summed E-state index contributed by atoms with van der Waals surface area (Å²) in [5, 5.41) is 8.64. The average Bonchev–Trinajstić information content (AvgIpc) is 2.05. The largest absolute Gasteiger partial charge is 0.380 e. The van der Waals surface area contributed by atoms with Gasteiger partial charge in [-0.1, -0.05) is 30.3 Å². The highest BCUT2D eigenvalue weighted by Gasteiger charge is 2.11. The number of aliphatic hydroxyl groups is 1. The Kier molecular flexibility index (Phi) is 2.68. The van der Waals surface area contributed by atoms with Crippen LogP contribution in [0.2, 0.25) is 0 Å². The molecule has 0 spiro atoms. The van der Waals surface area contributed by atoms with E-state index >= 15 is 0 Å². The van der Waals surface area contributed by atoms with Gasteiger partial charge in [-0.25, -0.2) is 0 Å². The lowest BCUT2D eigenvalue weighted by Crippen LogP contribution is -2.04. The molecule has 0 heterocycles. The van der Waals surface area contributed by atoms with Crippen LogP contribution in [0.1, 0.15) is 11.7 Å². The minimum absolute atomic E-state index is 0.531. The molecular weight excluding hydrogens is 160 g/mol. The third-order valence-corrected chi connectivity index (χ3v) is 1.59. The van der Waals surface area contributed by atoms with E-state index in [0.717, 1.165) is 0 Å². The minimum atomic E-state index is -1.10. The molecule has 0 saturated carbocycles. The van der Waals surface area contributed by atoms with Gasteiger partial charge in [0.05, 0.1) is 0 Å². The van der Waals surface area contributed by atoms with E-state index in [0.29, 0.717) is 5.56 Å². The van der Waals surface area contributed by atoms with Gasteiger partial charge in [-0.2, -0.15) is 0 Å². The molecule has 0 aliphatic heterocycles. The van der Waals surface area contributed by atoms with Gasteiger partial charge >= 0.3 is 0 Å². The van der Waals surface area contributed by atoms with Crippen LogP contribution < -0.4 is 0 Å². The average molecular weight is 168 g/mol. The maximum atomic E-state index is 10.6. The van der Waals surface area contributed by atoms with Crippen LogP contribution in [0.15, 0.2) is 30.3 Å². The molecule has 0 bridgehead atoms. The summed E-state index contributed by atoms with van der Waals surface area (Å²) in [4.78, 5) is 10.6. The van der Waals surface area contributed by atoms with E-state index in [1.807, 2.05) is 6.07 Å². The smallest absolute Gasteiger partial charge is 0.218 e. The van der Waals surface area contributed by atoms with Gasteiger partial charge in [-0.3, -0.25) is 4.79 Å². The molecule has 1 N–H and O–H groups in total. The summed E-state index contributed by atoms with van der Waals surface area (Å²) in [5.41, 5.74) is 0.576. The number of rotatable bonds is 2. The second-order valence-corrected chi connectivity index (χ2v) is 2.59. The van der Waals surface area contributed by atoms with Gasteiger partial charge in [0.25, 0.3) is 0 Å². The van der Waals surface area contributed by atoms with Crippen molar-refractivity contribution >= 4 is 17.7 Å². The number of carbonyl (C=O) groups is 1. The first-order valence-electron chi connectivity index (χ1n) is 3.17. The Morgan fingerprint density at radius 3 is 2.36 bits per heavy atom. The maximum absolute atomic E-state index is 10.6. The Morgan fingerprint density at radius 1 is 1.36 bits per heavy atom. The van der Waals surface area contributed by atoms with Crippen LogP contribution in [0, 0.1) is 0 Å². The standard InChI is InChI=1S/C8H8O2S/c9-7(8(10)11)6-4-2-1-3-5-6/h1-5,7,9H,(H,10,11)/t7-/m0/s1. The Balaban J connectivity index is 2.85. The lowest BCUT2D eigenvalue weighted by Gasteiger charge is -2.04. The molecule has 0 amide bonds. The van der Waals surface area contributed by atoms with E-state index in [9.17, 15) is 9.90 Å². The molecular formula is C8H8O2S. The fraction of sp³-hybridized carbons (Fsp3) is 0.125. The summed E-state index contributed by atoms with van der Waals surface area (Å²) in [6.07, 6.45) is -1.10. The molecule has 11 heavy (non-hydrogen) atoms. The maximum Gasteiger partial charge on any atom is 0.218 e. The van der Waals surface area contributed by atoms with Crippen LogP contribution in [-0.2, 0) is 4.79 Å². The zero-order chi connectivity index (χ0) is 8.27. The Bertz CT molecular complexity index is 246. The first-order chi connectivity index (χ1) is 5.22. The van der Waals surface area contributed by atoms with Gasteiger partial charge in [-0.15, -0.1) is 12.6 Å². The summed E-state index contributed by atoms with van der Waals surface area (Å²) in [7, 11) is 0. The van der Waals surface area contributed by atoms with Crippen molar-refractivity contribution in [3.05, 3.63) is 35.9 Å². The quantitative estimate of drug-likeness (QED) is 0.650. The first kappa shape index (κ1) is 8.30. The third kappa shape index (κ3) is 2.06. The number of benzene rings is 1. The van der Waals surface area contributed by atoms with Gasteiger partial charge in [0.2, 0.25) is 5.12 Å². The van der Waals surface area contributed by atoms with Crippen LogP contribution in [-0.4, -0.2) is 10.2 Å². The third-order valence-electron chi connectivity index (χ3n) is 1.35. The van der Waals surface area contributed by atoms with Crippen molar-refractivity contribution in [1.29, 1.82) is 0 Å². The molecule has 2 nitrogen and oxygen atoms in total. The van der Waals surface area contributed by atoms with Crippen LogP contribution in [0.3, 0.4) is 0 Å². The molecule has 0 saturated heterocycles. The van der Waals surface area contributed by atoms with E-state index in [1.165, 1.54) is 0 Å². The number of aliphatic hydroxyl groups excluding tert-OH is 1. The van der Waals surface area contributed by atoms with Crippen molar-refractivity contribution in [1.82, 2.24) is 0 Å². The van der Waals surface area contributed by atoms with Crippen molar-refractivity contribution in [3.63, 3.8) is 0 Å². The number of thiol groups is 1. The van der Waals surface area contributed by atoms with Crippen molar-refractivity contribution in [2.75, 3.05) is 0 Å². The van der Waals surface area contributed by atoms with Gasteiger partial charge in [0.1, 0.15) is 6.10 Å². The molecule has 0 aromatic heterocycles. The van der Waals surface area contributed by atoms with E-state index < -0.39 is 11.2 Å².